The van der Waals surface area contributed by atoms with Gasteiger partial charge in [-0.1, -0.05) is 30.8 Å². The van der Waals surface area contributed by atoms with Gasteiger partial charge in [-0.2, -0.15) is 5.26 Å². The van der Waals surface area contributed by atoms with Gasteiger partial charge in [-0.25, -0.2) is 4.99 Å². The molecule has 2 aromatic rings. The topological polar surface area (TPSA) is 89.3 Å². The number of nitrogens with one attached hydrogen (secondary N) is 1. The molecule has 1 aromatic carbocycles. The standard InChI is InChI=1S/C22H24N4O2S/c1-13-6-5-7-17(10-13)25-22-26(12-14(2)29-22)20(27)9-8-18-15(3)19(11-23)21(28)24-16(18)4/h5-7,10,14H,8-9,12H2,1-4H3,(H,24,28). The Hall–Kier alpha value is -2.85. The van der Waals surface area contributed by atoms with E-state index in [1.165, 1.54) is 0 Å². The Kier molecular flexibility index (Phi) is 6.23. The van der Waals surface area contributed by atoms with Gasteiger partial charge in [-0.15, -0.1) is 0 Å². The number of carbonyl (C=O) groups is 1. The fourth-order valence-electron chi connectivity index (χ4n) is 3.51. The Labute approximate surface area is 174 Å². The second-order valence-electron chi connectivity index (χ2n) is 7.34. The van der Waals surface area contributed by atoms with Gasteiger partial charge in [0, 0.05) is 23.9 Å². The van der Waals surface area contributed by atoms with Crippen LogP contribution in [0.2, 0.25) is 0 Å². The van der Waals surface area contributed by atoms with E-state index in [0.29, 0.717) is 30.6 Å². The monoisotopic (exact) mass is 408 g/mol. The van der Waals surface area contributed by atoms with E-state index in [9.17, 15) is 14.9 Å². The van der Waals surface area contributed by atoms with E-state index in [0.717, 1.165) is 22.0 Å². The van der Waals surface area contributed by atoms with Crippen molar-refractivity contribution in [2.24, 2.45) is 4.99 Å². The summed E-state index contributed by atoms with van der Waals surface area (Å²) in [5, 5.41) is 10.2. The number of hydrogen-bond acceptors (Lipinski definition) is 5. The zero-order valence-electron chi connectivity index (χ0n) is 17.1. The highest BCUT2D eigenvalue weighted by Crippen LogP contribution is 2.29. The number of carbonyl (C=O) groups excluding carboxylic acids is 1. The molecule has 29 heavy (non-hydrogen) atoms. The number of pyridine rings is 1. The van der Waals surface area contributed by atoms with Crippen molar-refractivity contribution in [1.29, 1.82) is 5.26 Å². The molecule has 2 heterocycles. The van der Waals surface area contributed by atoms with Crippen LogP contribution in [0.1, 0.15) is 41.3 Å². The SMILES string of the molecule is Cc1cccc(N=C2SC(C)CN2C(=O)CCc2c(C)[nH]c(=O)c(C#N)c2C)c1. The maximum Gasteiger partial charge on any atom is 0.266 e. The van der Waals surface area contributed by atoms with Crippen molar-refractivity contribution >= 4 is 28.5 Å². The predicted octanol–water partition coefficient (Wildman–Crippen LogP) is 3.76. The number of H-pyrrole nitrogens is 1. The number of rotatable bonds is 4. The summed E-state index contributed by atoms with van der Waals surface area (Å²) in [6.45, 7) is 8.29. The molecule has 6 nitrogen and oxygen atoms in total. The largest absolute Gasteiger partial charge is 0.325 e. The molecule has 150 valence electrons. The van der Waals surface area contributed by atoms with Gasteiger partial charge < -0.3 is 4.98 Å². The maximum absolute atomic E-state index is 13.0. The van der Waals surface area contributed by atoms with E-state index in [1.54, 1.807) is 30.5 Å². The second-order valence-corrected chi connectivity index (χ2v) is 8.74. The minimum absolute atomic E-state index is 0.00300. The Balaban J connectivity index is 1.80. The highest BCUT2D eigenvalue weighted by molar-refractivity contribution is 8.14. The number of aromatic nitrogens is 1. The van der Waals surface area contributed by atoms with Gasteiger partial charge in [0.15, 0.2) is 5.17 Å². The number of aryl methyl sites for hydroxylation is 2. The van der Waals surface area contributed by atoms with Crippen LogP contribution in [0.4, 0.5) is 5.69 Å². The van der Waals surface area contributed by atoms with E-state index < -0.39 is 0 Å². The highest BCUT2D eigenvalue weighted by atomic mass is 32.2. The minimum Gasteiger partial charge on any atom is -0.325 e. The van der Waals surface area contributed by atoms with Crippen molar-refractivity contribution < 1.29 is 4.79 Å². The van der Waals surface area contributed by atoms with E-state index in [4.69, 9.17) is 4.99 Å². The first-order chi connectivity index (χ1) is 13.8. The Morgan fingerprint density at radius 2 is 2.14 bits per heavy atom. The summed E-state index contributed by atoms with van der Waals surface area (Å²) in [5.41, 5.74) is 3.91. The third-order valence-electron chi connectivity index (χ3n) is 5.01. The molecule has 0 bridgehead atoms. The molecule has 1 N–H and O–H groups in total. The van der Waals surface area contributed by atoms with Gasteiger partial charge in [-0.05, 0) is 56.0 Å². The molecule has 0 saturated carbocycles. The fraction of sp³-hybridized carbons (Fsp3) is 0.364. The smallest absolute Gasteiger partial charge is 0.266 e. The van der Waals surface area contributed by atoms with E-state index in [1.807, 2.05) is 37.3 Å². The number of amidine groups is 1. The van der Waals surface area contributed by atoms with Crippen molar-refractivity contribution in [1.82, 2.24) is 9.88 Å². The summed E-state index contributed by atoms with van der Waals surface area (Å²) in [4.78, 5) is 34.0. The van der Waals surface area contributed by atoms with Crippen molar-refractivity contribution in [2.45, 2.75) is 45.8 Å². The summed E-state index contributed by atoms with van der Waals surface area (Å²) < 4.78 is 0. The molecule has 3 rings (SSSR count). The lowest BCUT2D eigenvalue weighted by Gasteiger charge is -2.17. The molecule has 0 radical (unpaired) electrons. The van der Waals surface area contributed by atoms with Crippen LogP contribution >= 0.6 is 11.8 Å². The van der Waals surface area contributed by atoms with Crippen molar-refractivity contribution in [2.75, 3.05) is 6.54 Å². The molecule has 1 amide bonds. The Bertz CT molecular complexity index is 1080. The lowest BCUT2D eigenvalue weighted by Crippen LogP contribution is -2.32. The van der Waals surface area contributed by atoms with Crippen LogP contribution in [0.3, 0.4) is 0 Å². The summed E-state index contributed by atoms with van der Waals surface area (Å²) in [6, 6.07) is 9.86. The predicted molar refractivity (Wildman–Crippen MR) is 117 cm³/mol. The van der Waals surface area contributed by atoms with Crippen LogP contribution in [0.15, 0.2) is 34.1 Å². The number of nitrogens with zero attached hydrogens (tertiary/aromatic N) is 3. The molecule has 7 heteroatoms. The van der Waals surface area contributed by atoms with E-state index in [2.05, 4.69) is 11.9 Å². The van der Waals surface area contributed by atoms with Gasteiger partial charge in [0.25, 0.3) is 5.56 Å². The van der Waals surface area contributed by atoms with Gasteiger partial charge in [-0.3, -0.25) is 14.5 Å². The summed E-state index contributed by atoms with van der Waals surface area (Å²) in [7, 11) is 0. The molecule has 0 aliphatic carbocycles. The van der Waals surface area contributed by atoms with Gasteiger partial charge in [0.2, 0.25) is 5.91 Å². The van der Waals surface area contributed by atoms with Crippen LogP contribution in [0.5, 0.6) is 0 Å². The van der Waals surface area contributed by atoms with Crippen LogP contribution in [0, 0.1) is 32.1 Å². The summed E-state index contributed by atoms with van der Waals surface area (Å²) in [6.07, 6.45) is 0.758. The molecule has 1 aromatic heterocycles. The quantitative estimate of drug-likeness (QED) is 0.834. The van der Waals surface area contributed by atoms with Crippen LogP contribution < -0.4 is 5.56 Å². The van der Waals surface area contributed by atoms with E-state index in [-0.39, 0.29) is 22.3 Å². The number of aromatic amines is 1. The van der Waals surface area contributed by atoms with Crippen molar-refractivity contribution in [3.8, 4) is 6.07 Å². The lowest BCUT2D eigenvalue weighted by molar-refractivity contribution is -0.127. The normalized spacial score (nSPS) is 17.6. The third kappa shape index (κ3) is 4.60. The molecule has 0 spiro atoms. The summed E-state index contributed by atoms with van der Waals surface area (Å²) >= 11 is 1.60. The number of hydrogen-bond donors (Lipinski definition) is 1. The minimum atomic E-state index is -0.380. The molecule has 1 unspecified atom stereocenters. The van der Waals surface area contributed by atoms with E-state index >= 15 is 0 Å². The zero-order valence-corrected chi connectivity index (χ0v) is 17.9. The molecule has 1 fully saturated rings. The molecule has 1 aliphatic rings. The van der Waals surface area contributed by atoms with Crippen LogP contribution in [0.25, 0.3) is 0 Å². The maximum atomic E-state index is 13.0. The van der Waals surface area contributed by atoms with Crippen molar-refractivity contribution in [3.05, 3.63) is 62.6 Å². The number of thioether (sulfide) groups is 1. The average molecular weight is 409 g/mol. The molecule has 1 saturated heterocycles. The lowest BCUT2D eigenvalue weighted by atomic mass is 9.99. The zero-order chi connectivity index (χ0) is 21.1. The first kappa shape index (κ1) is 20.9. The number of amides is 1. The fourth-order valence-corrected chi connectivity index (χ4v) is 4.55. The molecule has 1 aliphatic heterocycles. The second kappa shape index (κ2) is 8.66. The molecular weight excluding hydrogens is 384 g/mol. The van der Waals surface area contributed by atoms with Gasteiger partial charge >= 0.3 is 0 Å². The first-order valence-electron chi connectivity index (χ1n) is 9.55. The van der Waals surface area contributed by atoms with Gasteiger partial charge in [0.05, 0.1) is 5.69 Å². The number of nitriles is 1. The van der Waals surface area contributed by atoms with Crippen LogP contribution in [-0.4, -0.2) is 32.8 Å². The average Bonchev–Trinajstić information content (AvgIpc) is 3.01. The van der Waals surface area contributed by atoms with Gasteiger partial charge in [0.1, 0.15) is 11.6 Å². The van der Waals surface area contributed by atoms with Crippen LogP contribution in [-0.2, 0) is 11.2 Å². The Morgan fingerprint density at radius 3 is 2.83 bits per heavy atom. The third-order valence-corrected chi connectivity index (χ3v) is 6.09. The Morgan fingerprint density at radius 1 is 1.38 bits per heavy atom. The summed E-state index contributed by atoms with van der Waals surface area (Å²) in [5.74, 6) is -0.00300. The number of benzene rings is 1. The highest BCUT2D eigenvalue weighted by Gasteiger charge is 2.30. The van der Waals surface area contributed by atoms with Crippen molar-refractivity contribution in [3.63, 3.8) is 0 Å². The molecule has 1 atom stereocenters. The molecular formula is C22H24N4O2S. The first-order valence-corrected chi connectivity index (χ1v) is 10.4. The number of aliphatic imine (C=N–C) groups is 1.